The molecule has 0 aromatic heterocycles. The van der Waals surface area contributed by atoms with Crippen LogP contribution in [0.15, 0.2) is 0 Å². The van der Waals surface area contributed by atoms with E-state index in [-0.39, 0.29) is 12.3 Å². The van der Waals surface area contributed by atoms with Crippen molar-refractivity contribution in [3.63, 3.8) is 0 Å². The fourth-order valence-corrected chi connectivity index (χ4v) is 0.944. The quantitative estimate of drug-likeness (QED) is 0.638. The van der Waals surface area contributed by atoms with Crippen LogP contribution in [0.5, 0.6) is 0 Å². The number of carbonyl (C=O) groups is 2. The zero-order chi connectivity index (χ0) is 11.2. The monoisotopic (exact) mass is 201 g/mol. The molecule has 0 aromatic carbocycles. The van der Waals surface area contributed by atoms with E-state index in [0.29, 0.717) is 6.54 Å². The van der Waals surface area contributed by atoms with Gasteiger partial charge >= 0.3 is 5.97 Å². The number of aliphatic carboxylic acids is 1. The average Bonchev–Trinajstić information content (AvgIpc) is 2.03. The van der Waals surface area contributed by atoms with Crippen molar-refractivity contribution in [2.24, 2.45) is 5.41 Å². The van der Waals surface area contributed by atoms with Gasteiger partial charge in [0.1, 0.15) is 0 Å². The van der Waals surface area contributed by atoms with Crippen molar-refractivity contribution < 1.29 is 14.7 Å². The van der Waals surface area contributed by atoms with Crippen LogP contribution in [0.4, 0.5) is 0 Å². The first-order chi connectivity index (χ1) is 6.40. The number of hydrogen-bond donors (Lipinski definition) is 2. The lowest BCUT2D eigenvalue weighted by molar-refractivity contribution is -0.149. The molecule has 0 aliphatic carbocycles. The maximum absolute atomic E-state index is 11.3. The molecule has 0 spiro atoms. The molecule has 0 aromatic rings. The molecule has 0 atom stereocenters. The number of rotatable bonds is 6. The summed E-state index contributed by atoms with van der Waals surface area (Å²) in [6.07, 6.45) is 1.98. The Morgan fingerprint density at radius 2 is 1.93 bits per heavy atom. The number of carboxylic acids is 1. The Labute approximate surface area is 84.7 Å². The lowest BCUT2D eigenvalue weighted by atomic mass is 9.89. The molecule has 0 saturated carbocycles. The van der Waals surface area contributed by atoms with Crippen LogP contribution in [0, 0.1) is 5.41 Å². The lowest BCUT2D eigenvalue weighted by Gasteiger charge is -2.17. The van der Waals surface area contributed by atoms with Crippen LogP contribution in [0.25, 0.3) is 0 Å². The number of carboxylic acid groups (broad SMARTS) is 1. The summed E-state index contributed by atoms with van der Waals surface area (Å²) in [6, 6.07) is 0. The molecule has 14 heavy (non-hydrogen) atoms. The molecule has 0 saturated heterocycles. The predicted octanol–water partition coefficient (Wildman–Crippen LogP) is 1.40. The summed E-state index contributed by atoms with van der Waals surface area (Å²) >= 11 is 0. The summed E-state index contributed by atoms with van der Waals surface area (Å²) in [5.41, 5.74) is -0.976. The molecule has 0 bridgehead atoms. The van der Waals surface area contributed by atoms with Gasteiger partial charge in [-0.2, -0.15) is 0 Å². The predicted molar refractivity (Wildman–Crippen MR) is 54.0 cm³/mol. The summed E-state index contributed by atoms with van der Waals surface area (Å²) in [4.78, 5) is 22.0. The van der Waals surface area contributed by atoms with E-state index in [2.05, 4.69) is 5.32 Å². The van der Waals surface area contributed by atoms with Crippen LogP contribution < -0.4 is 5.32 Å². The van der Waals surface area contributed by atoms with Crippen molar-refractivity contribution in [3.8, 4) is 0 Å². The molecule has 2 N–H and O–H groups in total. The van der Waals surface area contributed by atoms with Gasteiger partial charge in [0, 0.05) is 13.0 Å². The molecule has 4 nitrogen and oxygen atoms in total. The highest BCUT2D eigenvalue weighted by Gasteiger charge is 2.29. The van der Waals surface area contributed by atoms with Crippen molar-refractivity contribution in [3.05, 3.63) is 0 Å². The minimum atomic E-state index is -0.976. The third kappa shape index (κ3) is 4.84. The van der Waals surface area contributed by atoms with Crippen molar-refractivity contribution in [2.45, 2.75) is 40.0 Å². The van der Waals surface area contributed by atoms with Crippen molar-refractivity contribution in [1.82, 2.24) is 5.32 Å². The summed E-state index contributed by atoms with van der Waals surface area (Å²) in [6.45, 7) is 5.77. The van der Waals surface area contributed by atoms with Gasteiger partial charge in [-0.15, -0.1) is 0 Å². The van der Waals surface area contributed by atoms with Gasteiger partial charge in [-0.05, 0) is 20.3 Å². The SMILES string of the molecule is CCCCNC(=O)CC(C)(C)C(=O)O. The molecule has 4 heteroatoms. The van der Waals surface area contributed by atoms with Crippen LogP contribution in [-0.2, 0) is 9.59 Å². The minimum absolute atomic E-state index is 0.0338. The number of hydrogen-bond acceptors (Lipinski definition) is 2. The summed E-state index contributed by atoms with van der Waals surface area (Å²) in [7, 11) is 0. The Hall–Kier alpha value is -1.06. The first-order valence-electron chi connectivity index (χ1n) is 4.90. The van der Waals surface area contributed by atoms with Gasteiger partial charge in [-0.1, -0.05) is 13.3 Å². The summed E-state index contributed by atoms with van der Waals surface area (Å²) in [5.74, 6) is -1.13. The standard InChI is InChI=1S/C10H19NO3/c1-4-5-6-11-8(12)7-10(2,3)9(13)14/h4-7H2,1-3H3,(H,11,12)(H,13,14). The first-order valence-corrected chi connectivity index (χ1v) is 4.90. The Morgan fingerprint density at radius 1 is 1.36 bits per heavy atom. The topological polar surface area (TPSA) is 66.4 Å². The number of unbranched alkanes of at least 4 members (excludes halogenated alkanes) is 1. The minimum Gasteiger partial charge on any atom is -0.481 e. The molecule has 0 fully saturated rings. The first kappa shape index (κ1) is 12.9. The molecule has 0 rings (SSSR count). The van der Waals surface area contributed by atoms with Crippen LogP contribution >= 0.6 is 0 Å². The maximum atomic E-state index is 11.3. The molecule has 82 valence electrons. The number of carbonyl (C=O) groups excluding carboxylic acids is 1. The van der Waals surface area contributed by atoms with Crippen LogP contribution in [0.1, 0.15) is 40.0 Å². The van der Waals surface area contributed by atoms with Crippen LogP contribution in [-0.4, -0.2) is 23.5 Å². The van der Waals surface area contributed by atoms with Crippen molar-refractivity contribution >= 4 is 11.9 Å². The fraction of sp³-hybridized carbons (Fsp3) is 0.800. The van der Waals surface area contributed by atoms with Gasteiger partial charge in [-0.25, -0.2) is 0 Å². The normalized spacial score (nSPS) is 11.1. The Morgan fingerprint density at radius 3 is 2.36 bits per heavy atom. The maximum Gasteiger partial charge on any atom is 0.309 e. The highest BCUT2D eigenvalue weighted by molar-refractivity contribution is 5.84. The van der Waals surface area contributed by atoms with Gasteiger partial charge in [0.2, 0.25) is 5.91 Å². The van der Waals surface area contributed by atoms with Gasteiger partial charge in [0.25, 0.3) is 0 Å². The van der Waals surface area contributed by atoms with Gasteiger partial charge in [-0.3, -0.25) is 9.59 Å². The van der Waals surface area contributed by atoms with Crippen LogP contribution in [0.3, 0.4) is 0 Å². The zero-order valence-electron chi connectivity index (χ0n) is 9.09. The molecule has 0 aliphatic rings. The molecule has 1 amide bonds. The molecule has 0 aliphatic heterocycles. The third-order valence-corrected chi connectivity index (χ3v) is 2.03. The van der Waals surface area contributed by atoms with Gasteiger partial charge in [0.15, 0.2) is 0 Å². The highest BCUT2D eigenvalue weighted by Crippen LogP contribution is 2.19. The van der Waals surface area contributed by atoms with Crippen molar-refractivity contribution in [2.75, 3.05) is 6.54 Å². The Bertz CT molecular complexity index is 211. The molecular formula is C10H19NO3. The molecular weight excluding hydrogens is 182 g/mol. The second kappa shape index (κ2) is 5.62. The summed E-state index contributed by atoms with van der Waals surface area (Å²) in [5, 5.41) is 11.5. The lowest BCUT2D eigenvalue weighted by Crippen LogP contribution is -2.33. The second-order valence-electron chi connectivity index (χ2n) is 4.07. The van der Waals surface area contributed by atoms with Crippen molar-refractivity contribution in [1.29, 1.82) is 0 Å². The Balaban J connectivity index is 3.88. The van der Waals surface area contributed by atoms with E-state index in [1.165, 1.54) is 0 Å². The largest absolute Gasteiger partial charge is 0.481 e. The fourth-order valence-electron chi connectivity index (χ4n) is 0.944. The smallest absolute Gasteiger partial charge is 0.309 e. The van der Waals surface area contributed by atoms with E-state index >= 15 is 0 Å². The molecule has 0 unspecified atom stereocenters. The second-order valence-corrected chi connectivity index (χ2v) is 4.07. The van der Waals surface area contributed by atoms with E-state index in [1.54, 1.807) is 13.8 Å². The highest BCUT2D eigenvalue weighted by atomic mass is 16.4. The third-order valence-electron chi connectivity index (χ3n) is 2.03. The van der Waals surface area contributed by atoms with Gasteiger partial charge < -0.3 is 10.4 Å². The van der Waals surface area contributed by atoms with E-state index in [1.807, 2.05) is 6.92 Å². The molecule has 0 radical (unpaired) electrons. The number of nitrogens with one attached hydrogen (secondary N) is 1. The summed E-state index contributed by atoms with van der Waals surface area (Å²) < 4.78 is 0. The Kier molecular flexibility index (Phi) is 5.20. The van der Waals surface area contributed by atoms with E-state index in [0.717, 1.165) is 12.8 Å². The molecule has 0 heterocycles. The van der Waals surface area contributed by atoms with Crippen LogP contribution in [0.2, 0.25) is 0 Å². The van der Waals surface area contributed by atoms with E-state index in [4.69, 9.17) is 5.11 Å². The number of amides is 1. The zero-order valence-corrected chi connectivity index (χ0v) is 9.09. The van der Waals surface area contributed by atoms with E-state index in [9.17, 15) is 9.59 Å². The van der Waals surface area contributed by atoms with Gasteiger partial charge in [0.05, 0.1) is 5.41 Å². The van der Waals surface area contributed by atoms with E-state index < -0.39 is 11.4 Å². The average molecular weight is 201 g/mol.